The van der Waals surface area contributed by atoms with Gasteiger partial charge in [-0.1, -0.05) is 12.1 Å². The fourth-order valence-electron chi connectivity index (χ4n) is 4.32. The minimum atomic E-state index is -4.29. The first-order valence-electron chi connectivity index (χ1n) is 9.90. The van der Waals surface area contributed by atoms with E-state index in [1.807, 2.05) is 11.3 Å². The topological polar surface area (TPSA) is 9.72 Å². The number of piperazine rings is 1. The quantitative estimate of drug-likeness (QED) is 0.733. The van der Waals surface area contributed by atoms with Gasteiger partial charge in [0.15, 0.2) is 0 Å². The van der Waals surface area contributed by atoms with Gasteiger partial charge in [-0.3, -0.25) is 9.80 Å². The van der Waals surface area contributed by atoms with Gasteiger partial charge in [0.1, 0.15) is 0 Å². The Morgan fingerprint density at radius 3 is 2.54 bits per heavy atom. The summed E-state index contributed by atoms with van der Waals surface area (Å²) < 4.78 is 38.9. The minimum absolute atomic E-state index is 0.553. The monoisotopic (exact) mass is 409 g/mol. The number of thiophene rings is 1. The number of hydrogen-bond acceptors (Lipinski definition) is 4. The van der Waals surface area contributed by atoms with E-state index in [4.69, 9.17) is 0 Å². The fourth-order valence-corrected chi connectivity index (χ4v) is 5.07. The average molecular weight is 410 g/mol. The summed E-state index contributed by atoms with van der Waals surface area (Å²) in [5, 5.41) is 2.13. The standard InChI is InChI=1S/C21H26F3N3S/c22-21(23,24)17-4-1-5-18(14-17)26-9-11-27(12-10-26)19-6-2-8-25(15-19)16-20-7-3-13-28-20/h1,3-5,7,13-14,19H,2,6,8-12,15-16H2. The number of anilines is 1. The Hall–Kier alpha value is -1.57. The van der Waals surface area contributed by atoms with Crippen molar-refractivity contribution in [3.05, 3.63) is 52.2 Å². The number of nitrogens with zero attached hydrogens (tertiary/aromatic N) is 3. The first-order chi connectivity index (χ1) is 13.5. The van der Waals surface area contributed by atoms with Crippen LogP contribution in [0.2, 0.25) is 0 Å². The predicted octanol–water partition coefficient (Wildman–Crippen LogP) is 4.55. The summed E-state index contributed by atoms with van der Waals surface area (Å²) in [7, 11) is 0. The molecule has 0 aliphatic carbocycles. The van der Waals surface area contributed by atoms with Gasteiger partial charge in [0, 0.05) is 55.9 Å². The van der Waals surface area contributed by atoms with E-state index < -0.39 is 11.7 Å². The van der Waals surface area contributed by atoms with Gasteiger partial charge in [-0.05, 0) is 49.0 Å². The molecule has 1 atom stereocenters. The molecule has 0 amide bonds. The molecule has 0 spiro atoms. The molecule has 3 nitrogen and oxygen atoms in total. The first kappa shape index (κ1) is 19.7. The summed E-state index contributed by atoms with van der Waals surface area (Å²) in [5.41, 5.74) is 0.112. The molecule has 7 heteroatoms. The number of alkyl halides is 3. The molecule has 28 heavy (non-hydrogen) atoms. The molecule has 0 saturated carbocycles. The molecular weight excluding hydrogens is 383 g/mol. The lowest BCUT2D eigenvalue weighted by atomic mass is 10.0. The summed E-state index contributed by atoms with van der Waals surface area (Å²) in [6.07, 6.45) is -1.86. The van der Waals surface area contributed by atoms with Crippen LogP contribution in [0.3, 0.4) is 0 Å². The van der Waals surface area contributed by atoms with Gasteiger partial charge in [0.05, 0.1) is 5.56 Å². The Kier molecular flexibility index (Phi) is 5.94. The van der Waals surface area contributed by atoms with Crippen LogP contribution >= 0.6 is 11.3 Å². The van der Waals surface area contributed by atoms with E-state index in [0.717, 1.165) is 51.9 Å². The van der Waals surface area contributed by atoms with E-state index in [1.54, 1.807) is 6.07 Å². The fraction of sp³-hybridized carbons (Fsp3) is 0.524. The predicted molar refractivity (Wildman–Crippen MR) is 108 cm³/mol. The SMILES string of the molecule is FC(F)(F)c1cccc(N2CCN(C3CCCN(Cc4cccs4)C3)CC2)c1. The zero-order valence-corrected chi connectivity index (χ0v) is 16.7. The molecule has 0 bridgehead atoms. The molecule has 1 aromatic carbocycles. The largest absolute Gasteiger partial charge is 0.416 e. The lowest BCUT2D eigenvalue weighted by Crippen LogP contribution is -2.55. The average Bonchev–Trinajstić information content (AvgIpc) is 3.21. The number of hydrogen-bond donors (Lipinski definition) is 0. The van der Waals surface area contributed by atoms with E-state index in [-0.39, 0.29) is 0 Å². The second-order valence-corrected chi connectivity index (χ2v) is 8.71. The second-order valence-electron chi connectivity index (χ2n) is 7.68. The van der Waals surface area contributed by atoms with Gasteiger partial charge in [-0.2, -0.15) is 13.2 Å². The van der Waals surface area contributed by atoms with Crippen LogP contribution in [-0.4, -0.2) is 55.1 Å². The first-order valence-corrected chi connectivity index (χ1v) is 10.8. The van der Waals surface area contributed by atoms with Crippen LogP contribution in [0.15, 0.2) is 41.8 Å². The molecule has 1 unspecified atom stereocenters. The van der Waals surface area contributed by atoms with Crippen molar-refractivity contribution in [3.63, 3.8) is 0 Å². The van der Waals surface area contributed by atoms with Crippen LogP contribution in [0.1, 0.15) is 23.3 Å². The van der Waals surface area contributed by atoms with Gasteiger partial charge in [-0.15, -0.1) is 11.3 Å². The summed E-state index contributed by atoms with van der Waals surface area (Å²) in [6.45, 7) is 6.64. The normalized spacial score (nSPS) is 22.5. The number of halogens is 3. The van der Waals surface area contributed by atoms with Crippen LogP contribution in [0, 0.1) is 0 Å². The lowest BCUT2D eigenvalue weighted by molar-refractivity contribution is -0.137. The molecule has 0 radical (unpaired) electrons. The van der Waals surface area contributed by atoms with Gasteiger partial charge in [-0.25, -0.2) is 0 Å². The molecule has 4 rings (SSSR count). The van der Waals surface area contributed by atoms with E-state index in [9.17, 15) is 13.2 Å². The molecule has 0 N–H and O–H groups in total. The van der Waals surface area contributed by atoms with Crippen LogP contribution in [0.25, 0.3) is 0 Å². The summed E-state index contributed by atoms with van der Waals surface area (Å²) in [6, 6.07) is 10.6. The highest BCUT2D eigenvalue weighted by molar-refractivity contribution is 7.09. The number of rotatable bonds is 4. The molecule has 152 valence electrons. The van der Waals surface area contributed by atoms with Crippen molar-refractivity contribution in [2.45, 2.75) is 31.6 Å². The van der Waals surface area contributed by atoms with Crippen molar-refractivity contribution in [2.75, 3.05) is 44.2 Å². The third kappa shape index (κ3) is 4.70. The molecule has 2 fully saturated rings. The number of piperidine rings is 1. The van der Waals surface area contributed by atoms with Crippen LogP contribution < -0.4 is 4.90 Å². The molecule has 2 aromatic rings. The van der Waals surface area contributed by atoms with Crippen LogP contribution in [-0.2, 0) is 12.7 Å². The van der Waals surface area contributed by atoms with Crippen molar-refractivity contribution < 1.29 is 13.2 Å². The Balaban J connectivity index is 1.32. The molecular formula is C21H26F3N3S. The maximum Gasteiger partial charge on any atom is 0.416 e. The second kappa shape index (κ2) is 8.43. The van der Waals surface area contributed by atoms with Crippen molar-refractivity contribution in [3.8, 4) is 0 Å². The van der Waals surface area contributed by atoms with Gasteiger partial charge >= 0.3 is 6.18 Å². The summed E-state index contributed by atoms with van der Waals surface area (Å²) in [4.78, 5) is 8.57. The molecule has 2 aliphatic heterocycles. The van der Waals surface area contributed by atoms with Gasteiger partial charge in [0.2, 0.25) is 0 Å². The lowest BCUT2D eigenvalue weighted by Gasteiger charge is -2.44. The molecule has 2 aliphatic rings. The van der Waals surface area contributed by atoms with Gasteiger partial charge < -0.3 is 4.90 Å². The summed E-state index contributed by atoms with van der Waals surface area (Å²) >= 11 is 1.81. The Bertz CT molecular complexity index is 755. The number of benzene rings is 1. The third-order valence-electron chi connectivity index (χ3n) is 5.81. The number of likely N-dealkylation sites (tertiary alicyclic amines) is 1. The maximum atomic E-state index is 13.0. The molecule has 2 saturated heterocycles. The van der Waals surface area contributed by atoms with E-state index >= 15 is 0 Å². The van der Waals surface area contributed by atoms with Crippen molar-refractivity contribution in [2.24, 2.45) is 0 Å². The highest BCUT2D eigenvalue weighted by atomic mass is 32.1. The van der Waals surface area contributed by atoms with Crippen LogP contribution in [0.5, 0.6) is 0 Å². The van der Waals surface area contributed by atoms with Crippen LogP contribution in [0.4, 0.5) is 18.9 Å². The van der Waals surface area contributed by atoms with E-state index in [0.29, 0.717) is 11.7 Å². The highest BCUT2D eigenvalue weighted by Crippen LogP contribution is 2.32. The smallest absolute Gasteiger partial charge is 0.369 e. The van der Waals surface area contributed by atoms with E-state index in [2.05, 4.69) is 32.2 Å². The Morgan fingerprint density at radius 2 is 1.82 bits per heavy atom. The zero-order chi connectivity index (χ0) is 19.6. The van der Waals surface area contributed by atoms with E-state index in [1.165, 1.54) is 29.9 Å². The maximum absolute atomic E-state index is 13.0. The highest BCUT2D eigenvalue weighted by Gasteiger charge is 2.32. The minimum Gasteiger partial charge on any atom is -0.369 e. The molecule has 1 aromatic heterocycles. The zero-order valence-electron chi connectivity index (χ0n) is 15.9. The van der Waals surface area contributed by atoms with Gasteiger partial charge in [0.25, 0.3) is 0 Å². The Morgan fingerprint density at radius 1 is 1.00 bits per heavy atom. The Labute approximate surface area is 168 Å². The van der Waals surface area contributed by atoms with Crippen molar-refractivity contribution in [1.29, 1.82) is 0 Å². The van der Waals surface area contributed by atoms with Crippen molar-refractivity contribution >= 4 is 17.0 Å². The molecule has 3 heterocycles. The van der Waals surface area contributed by atoms with Crippen molar-refractivity contribution in [1.82, 2.24) is 9.80 Å². The third-order valence-corrected chi connectivity index (χ3v) is 6.67. The summed E-state index contributed by atoms with van der Waals surface area (Å²) in [5.74, 6) is 0.